The average molecular weight is 292 g/mol. The van der Waals surface area contributed by atoms with Crippen LogP contribution in [0.3, 0.4) is 0 Å². The van der Waals surface area contributed by atoms with Crippen LogP contribution in [-0.4, -0.2) is 45.3 Å². The fraction of sp³-hybridized carbons (Fsp3) is 0.571. The molecule has 2 aromatic heterocycles. The molecule has 2 aromatic rings. The van der Waals surface area contributed by atoms with Gasteiger partial charge in [0, 0.05) is 26.9 Å². The lowest BCUT2D eigenvalue weighted by Crippen LogP contribution is -2.42. The molecule has 0 radical (unpaired) electrons. The molecular weight excluding hydrogens is 272 g/mol. The van der Waals surface area contributed by atoms with E-state index in [2.05, 4.69) is 15.3 Å². The van der Waals surface area contributed by atoms with Crippen molar-refractivity contribution in [1.29, 1.82) is 0 Å². The summed E-state index contributed by atoms with van der Waals surface area (Å²) in [5, 5.41) is 4.53. The molecule has 1 fully saturated rings. The predicted octanol–water partition coefficient (Wildman–Crippen LogP) is 2.29. The van der Waals surface area contributed by atoms with E-state index in [0.29, 0.717) is 0 Å². The monoisotopic (exact) mass is 292 g/mol. The molecule has 1 N–H and O–H groups in total. The molecule has 0 amide bonds. The fourth-order valence-electron chi connectivity index (χ4n) is 2.66. The van der Waals surface area contributed by atoms with E-state index in [1.54, 1.807) is 6.33 Å². The van der Waals surface area contributed by atoms with Crippen molar-refractivity contribution in [3.8, 4) is 0 Å². The lowest BCUT2D eigenvalue weighted by Gasteiger charge is -2.36. The quantitative estimate of drug-likeness (QED) is 0.937. The molecule has 1 aliphatic heterocycles. The minimum atomic E-state index is -0.0582. The Bertz CT molecular complexity index is 592. The van der Waals surface area contributed by atoms with Crippen LogP contribution in [0.2, 0.25) is 0 Å². The van der Waals surface area contributed by atoms with Gasteiger partial charge in [-0.25, -0.2) is 9.97 Å². The summed E-state index contributed by atoms with van der Waals surface area (Å²) in [5.74, 6) is 3.23. The third-order valence-corrected chi connectivity index (χ3v) is 5.06. The minimum absolute atomic E-state index is 0.0582. The second-order valence-electron chi connectivity index (χ2n) is 5.24. The molecule has 0 saturated carbocycles. The molecule has 5 nitrogen and oxygen atoms in total. The Hall–Kier alpha value is -1.27. The third-order valence-electron chi connectivity index (χ3n) is 4.08. The first-order chi connectivity index (χ1) is 9.74. The summed E-state index contributed by atoms with van der Waals surface area (Å²) in [7, 11) is 3.81. The van der Waals surface area contributed by atoms with Crippen LogP contribution in [0, 0.1) is 0 Å². The molecule has 108 valence electrons. The average Bonchev–Trinajstić information content (AvgIpc) is 2.88. The zero-order valence-electron chi connectivity index (χ0n) is 11.9. The zero-order valence-corrected chi connectivity index (χ0v) is 12.7. The first-order valence-electron chi connectivity index (χ1n) is 6.87. The van der Waals surface area contributed by atoms with Crippen molar-refractivity contribution in [1.82, 2.24) is 14.5 Å². The number of aryl methyl sites for hydroxylation is 1. The minimum Gasteiger partial charge on any atom is -0.376 e. The van der Waals surface area contributed by atoms with Crippen LogP contribution in [0.5, 0.6) is 0 Å². The van der Waals surface area contributed by atoms with Crippen LogP contribution in [-0.2, 0) is 11.8 Å². The van der Waals surface area contributed by atoms with Gasteiger partial charge in [0.1, 0.15) is 17.8 Å². The largest absolute Gasteiger partial charge is 0.376 e. The van der Waals surface area contributed by atoms with Gasteiger partial charge in [-0.05, 0) is 30.4 Å². The first-order valence-corrected chi connectivity index (χ1v) is 8.02. The lowest BCUT2D eigenvalue weighted by atomic mass is 9.96. The van der Waals surface area contributed by atoms with E-state index < -0.39 is 0 Å². The van der Waals surface area contributed by atoms with Crippen molar-refractivity contribution in [3.05, 3.63) is 18.6 Å². The summed E-state index contributed by atoms with van der Waals surface area (Å²) in [4.78, 5) is 8.68. The molecule has 3 heterocycles. The Morgan fingerprint density at radius 1 is 1.40 bits per heavy atom. The number of fused-ring (bicyclic) bond motifs is 1. The van der Waals surface area contributed by atoms with Crippen LogP contribution >= 0.6 is 11.8 Å². The molecule has 0 aliphatic carbocycles. The van der Waals surface area contributed by atoms with Gasteiger partial charge in [-0.2, -0.15) is 11.8 Å². The molecular formula is C14H20N4OS. The van der Waals surface area contributed by atoms with Crippen LogP contribution in [0.25, 0.3) is 11.0 Å². The van der Waals surface area contributed by atoms with Crippen LogP contribution in [0.1, 0.15) is 12.8 Å². The summed E-state index contributed by atoms with van der Waals surface area (Å²) in [6.45, 7) is 0.797. The van der Waals surface area contributed by atoms with Crippen LogP contribution in [0.15, 0.2) is 18.6 Å². The zero-order chi connectivity index (χ0) is 14.0. The maximum Gasteiger partial charge on any atom is 0.145 e. The van der Waals surface area contributed by atoms with Gasteiger partial charge in [0.15, 0.2) is 0 Å². The third kappa shape index (κ3) is 2.50. The Balaban J connectivity index is 1.79. The number of nitrogens with one attached hydrogen (secondary N) is 1. The topological polar surface area (TPSA) is 52.0 Å². The molecule has 0 atom stereocenters. The number of hydrogen-bond acceptors (Lipinski definition) is 5. The van der Waals surface area contributed by atoms with Crippen molar-refractivity contribution in [3.63, 3.8) is 0 Å². The van der Waals surface area contributed by atoms with E-state index in [0.717, 1.165) is 36.2 Å². The maximum absolute atomic E-state index is 5.79. The highest BCUT2D eigenvalue weighted by Gasteiger charge is 2.32. The summed E-state index contributed by atoms with van der Waals surface area (Å²) in [6.07, 6.45) is 5.79. The Morgan fingerprint density at radius 2 is 2.20 bits per heavy atom. The Kier molecular flexibility index (Phi) is 3.85. The molecule has 1 saturated heterocycles. The predicted molar refractivity (Wildman–Crippen MR) is 83.3 cm³/mol. The van der Waals surface area contributed by atoms with Gasteiger partial charge in [-0.1, -0.05) is 0 Å². The van der Waals surface area contributed by atoms with Gasteiger partial charge in [0.25, 0.3) is 0 Å². The standard InChI is InChI=1S/C14H20N4OS/c1-18-6-3-11-12(16-10-17-13(11)18)15-9-14(19-2)4-7-20-8-5-14/h3,6,10H,4-5,7-9H2,1-2H3,(H,15,16,17). The van der Waals surface area contributed by atoms with Crippen LogP contribution < -0.4 is 5.32 Å². The van der Waals surface area contributed by atoms with Crippen LogP contribution in [0.4, 0.5) is 5.82 Å². The van der Waals surface area contributed by atoms with Crippen molar-refractivity contribution in [2.45, 2.75) is 18.4 Å². The second kappa shape index (κ2) is 5.61. The van der Waals surface area contributed by atoms with Gasteiger partial charge in [-0.3, -0.25) is 0 Å². The summed E-state index contributed by atoms with van der Waals surface area (Å²) < 4.78 is 7.80. The molecule has 0 unspecified atom stereocenters. The number of rotatable bonds is 4. The van der Waals surface area contributed by atoms with E-state index in [1.807, 2.05) is 42.7 Å². The Labute approximate surface area is 123 Å². The van der Waals surface area contributed by atoms with E-state index in [4.69, 9.17) is 4.74 Å². The Morgan fingerprint density at radius 3 is 2.95 bits per heavy atom. The molecule has 0 aromatic carbocycles. The second-order valence-corrected chi connectivity index (χ2v) is 6.46. The van der Waals surface area contributed by atoms with E-state index in [-0.39, 0.29) is 5.60 Å². The number of aromatic nitrogens is 3. The van der Waals surface area contributed by atoms with Gasteiger partial charge in [0.05, 0.1) is 11.0 Å². The van der Waals surface area contributed by atoms with E-state index in [1.165, 1.54) is 11.5 Å². The normalized spacial score (nSPS) is 18.3. The maximum atomic E-state index is 5.79. The first kappa shape index (κ1) is 13.7. The molecule has 0 spiro atoms. The van der Waals surface area contributed by atoms with Crippen molar-refractivity contribution in [2.75, 3.05) is 30.5 Å². The van der Waals surface area contributed by atoms with Gasteiger partial charge >= 0.3 is 0 Å². The van der Waals surface area contributed by atoms with E-state index >= 15 is 0 Å². The molecule has 0 bridgehead atoms. The van der Waals surface area contributed by atoms with Gasteiger partial charge < -0.3 is 14.6 Å². The number of methoxy groups -OCH3 is 1. The molecule has 1 aliphatic rings. The molecule has 20 heavy (non-hydrogen) atoms. The highest BCUT2D eigenvalue weighted by molar-refractivity contribution is 7.99. The lowest BCUT2D eigenvalue weighted by molar-refractivity contribution is -0.00551. The van der Waals surface area contributed by atoms with Gasteiger partial charge in [0.2, 0.25) is 0 Å². The van der Waals surface area contributed by atoms with Crippen molar-refractivity contribution >= 4 is 28.6 Å². The van der Waals surface area contributed by atoms with Crippen molar-refractivity contribution < 1.29 is 4.74 Å². The summed E-state index contributed by atoms with van der Waals surface area (Å²) in [5.41, 5.74) is 0.894. The number of nitrogens with zero attached hydrogens (tertiary/aromatic N) is 3. The summed E-state index contributed by atoms with van der Waals surface area (Å²) >= 11 is 2.00. The SMILES string of the molecule is COC1(CNc2ncnc3c2ccn3C)CCSCC1. The smallest absolute Gasteiger partial charge is 0.145 e. The molecule has 3 rings (SSSR count). The number of anilines is 1. The summed E-state index contributed by atoms with van der Waals surface area (Å²) in [6, 6.07) is 2.05. The highest BCUT2D eigenvalue weighted by Crippen LogP contribution is 2.30. The fourth-order valence-corrected chi connectivity index (χ4v) is 3.90. The number of hydrogen-bond donors (Lipinski definition) is 1. The number of ether oxygens (including phenoxy) is 1. The molecule has 6 heteroatoms. The van der Waals surface area contributed by atoms with Gasteiger partial charge in [-0.15, -0.1) is 0 Å². The van der Waals surface area contributed by atoms with Crippen molar-refractivity contribution in [2.24, 2.45) is 7.05 Å². The van der Waals surface area contributed by atoms with E-state index in [9.17, 15) is 0 Å². The number of thioether (sulfide) groups is 1. The highest BCUT2D eigenvalue weighted by atomic mass is 32.2.